The lowest BCUT2D eigenvalue weighted by molar-refractivity contribution is 0.318. The summed E-state index contributed by atoms with van der Waals surface area (Å²) in [6, 6.07) is 7.37. The quantitative estimate of drug-likeness (QED) is 0.380. The number of thiazole rings is 1. The van der Waals surface area contributed by atoms with Crippen molar-refractivity contribution in [1.29, 1.82) is 0 Å². The summed E-state index contributed by atoms with van der Waals surface area (Å²) in [7, 11) is 0. The Balaban J connectivity index is 1.56. The maximum absolute atomic E-state index is 16.4. The lowest BCUT2D eigenvalue weighted by Gasteiger charge is -2.47. The van der Waals surface area contributed by atoms with Crippen LogP contribution in [0.2, 0.25) is 5.02 Å². The first-order chi connectivity index (χ1) is 16.9. The number of nitrogens with two attached hydrogens (primary N) is 2. The Hall–Kier alpha value is -2.79. The smallest absolute Gasteiger partial charge is 0.228 e. The number of para-hydroxylation sites is 1. The highest BCUT2D eigenvalue weighted by atomic mass is 35.5. The second kappa shape index (κ2) is 8.41. The Labute approximate surface area is 211 Å². The molecule has 2 aliphatic rings. The van der Waals surface area contributed by atoms with Crippen molar-refractivity contribution >= 4 is 61.0 Å². The van der Waals surface area contributed by atoms with E-state index in [9.17, 15) is 0 Å². The number of nitrogens with one attached hydrogen (secondary N) is 1. The van der Waals surface area contributed by atoms with Gasteiger partial charge in [-0.25, -0.2) is 14.4 Å². The minimum atomic E-state index is -0.485. The van der Waals surface area contributed by atoms with Crippen LogP contribution in [0.4, 0.5) is 21.3 Å². The number of piperazine rings is 1. The van der Waals surface area contributed by atoms with Gasteiger partial charge in [-0.2, -0.15) is 4.98 Å². The van der Waals surface area contributed by atoms with Crippen LogP contribution in [-0.2, 0) is 0 Å². The third-order valence-corrected chi connectivity index (χ3v) is 8.12. The average molecular weight is 513 g/mol. The SMILES string of the molecule is CCC1(N)CN(c2nc(N3CCNCC3)c3cc(Cl)c(-c4cccc5sc(N)nc45)c(F)c3n2)C1. The molecule has 5 N–H and O–H groups in total. The summed E-state index contributed by atoms with van der Waals surface area (Å²) >= 11 is 8.11. The number of hydrogen-bond acceptors (Lipinski definition) is 9. The van der Waals surface area contributed by atoms with Crippen LogP contribution in [-0.4, -0.2) is 59.8 Å². The second-order valence-corrected chi connectivity index (χ2v) is 10.8. The summed E-state index contributed by atoms with van der Waals surface area (Å²) in [5.74, 6) is 0.700. The number of hydrogen-bond donors (Lipinski definition) is 3. The normalized spacial score (nSPS) is 17.8. The monoisotopic (exact) mass is 512 g/mol. The highest BCUT2D eigenvalue weighted by Gasteiger charge is 2.40. The van der Waals surface area contributed by atoms with E-state index >= 15 is 4.39 Å². The maximum atomic E-state index is 16.4. The van der Waals surface area contributed by atoms with E-state index in [1.807, 2.05) is 23.1 Å². The van der Waals surface area contributed by atoms with E-state index in [-0.39, 0.29) is 21.6 Å². The summed E-state index contributed by atoms with van der Waals surface area (Å²) in [5, 5.41) is 4.67. The molecule has 0 saturated carbocycles. The summed E-state index contributed by atoms with van der Waals surface area (Å²) < 4.78 is 17.3. The Morgan fingerprint density at radius 3 is 2.66 bits per heavy atom. The lowest BCUT2D eigenvalue weighted by atomic mass is 9.89. The van der Waals surface area contributed by atoms with E-state index in [4.69, 9.17) is 33.0 Å². The summed E-state index contributed by atoms with van der Waals surface area (Å²) in [5.41, 5.74) is 13.8. The predicted molar refractivity (Wildman–Crippen MR) is 142 cm³/mol. The van der Waals surface area contributed by atoms with Crippen molar-refractivity contribution < 1.29 is 4.39 Å². The first-order valence-electron chi connectivity index (χ1n) is 11.7. The van der Waals surface area contributed by atoms with Crippen LogP contribution in [0.1, 0.15) is 13.3 Å². The zero-order valence-corrected chi connectivity index (χ0v) is 20.9. The summed E-state index contributed by atoms with van der Waals surface area (Å²) in [6.45, 7) is 6.52. The fourth-order valence-electron chi connectivity index (χ4n) is 4.92. The molecule has 0 amide bonds. The topological polar surface area (TPSA) is 109 Å². The van der Waals surface area contributed by atoms with E-state index in [1.165, 1.54) is 11.3 Å². The number of rotatable bonds is 4. The van der Waals surface area contributed by atoms with E-state index in [1.54, 1.807) is 6.07 Å². The Morgan fingerprint density at radius 2 is 1.91 bits per heavy atom. The van der Waals surface area contributed by atoms with Gasteiger partial charge < -0.3 is 26.6 Å². The van der Waals surface area contributed by atoms with Crippen LogP contribution in [0.25, 0.3) is 32.2 Å². The molecule has 2 aromatic carbocycles. The first kappa shape index (κ1) is 22.7. The van der Waals surface area contributed by atoms with Crippen LogP contribution in [0.15, 0.2) is 24.3 Å². The van der Waals surface area contributed by atoms with E-state index in [2.05, 4.69) is 22.1 Å². The van der Waals surface area contributed by atoms with Gasteiger partial charge in [-0.3, -0.25) is 0 Å². The molecular weight excluding hydrogens is 487 g/mol. The van der Waals surface area contributed by atoms with Gasteiger partial charge in [0.2, 0.25) is 5.95 Å². The van der Waals surface area contributed by atoms with Crippen molar-refractivity contribution in [3.63, 3.8) is 0 Å². The highest BCUT2D eigenvalue weighted by Crippen LogP contribution is 2.42. The number of nitrogens with zero attached hydrogens (tertiary/aromatic N) is 5. The first-order valence-corrected chi connectivity index (χ1v) is 12.9. The average Bonchev–Trinajstić information content (AvgIpc) is 3.23. The van der Waals surface area contributed by atoms with Crippen molar-refractivity contribution in [3.05, 3.63) is 35.1 Å². The minimum absolute atomic E-state index is 0.245. The molecule has 35 heavy (non-hydrogen) atoms. The number of anilines is 3. The molecule has 2 aromatic heterocycles. The third-order valence-electron chi connectivity index (χ3n) is 6.97. The van der Waals surface area contributed by atoms with Crippen molar-refractivity contribution in [2.45, 2.75) is 18.9 Å². The molecule has 4 aromatic rings. The van der Waals surface area contributed by atoms with Crippen LogP contribution in [0.3, 0.4) is 0 Å². The molecule has 0 unspecified atom stereocenters. The molecule has 2 saturated heterocycles. The largest absolute Gasteiger partial charge is 0.375 e. The fraction of sp³-hybridized carbons (Fsp3) is 0.375. The van der Waals surface area contributed by atoms with Crippen molar-refractivity contribution in [2.24, 2.45) is 5.73 Å². The molecule has 0 aliphatic carbocycles. The number of fused-ring (bicyclic) bond motifs is 2. The third kappa shape index (κ3) is 3.76. The zero-order valence-electron chi connectivity index (χ0n) is 19.3. The maximum Gasteiger partial charge on any atom is 0.228 e. The van der Waals surface area contributed by atoms with Gasteiger partial charge in [0.15, 0.2) is 10.9 Å². The molecule has 0 bridgehead atoms. The molecule has 4 heterocycles. The lowest BCUT2D eigenvalue weighted by Crippen LogP contribution is -2.67. The van der Waals surface area contributed by atoms with Gasteiger partial charge >= 0.3 is 0 Å². The van der Waals surface area contributed by atoms with E-state index in [0.717, 1.165) is 37.3 Å². The Bertz CT molecular complexity index is 1450. The van der Waals surface area contributed by atoms with Crippen LogP contribution >= 0.6 is 22.9 Å². The number of halogens is 2. The van der Waals surface area contributed by atoms with Crippen LogP contribution < -0.4 is 26.6 Å². The molecular formula is C24H26ClFN8S. The van der Waals surface area contributed by atoms with Gasteiger partial charge in [0.25, 0.3) is 0 Å². The minimum Gasteiger partial charge on any atom is -0.375 e. The molecule has 2 aliphatic heterocycles. The molecule has 8 nitrogen and oxygen atoms in total. The van der Waals surface area contributed by atoms with Gasteiger partial charge in [0, 0.05) is 55.8 Å². The molecule has 6 rings (SSSR count). The standard InChI is InChI=1S/C24H26ClFN8S/c1-2-24(28)11-34(12-24)23-31-20-14(21(32-23)33-8-6-29-7-9-33)10-15(25)17(18(20)26)13-4-3-5-16-19(13)30-22(27)35-16/h3-5,10,29H,2,6-9,11-12,28H2,1H3,(H2,27,30). The van der Waals surface area contributed by atoms with E-state index in [0.29, 0.717) is 46.5 Å². The van der Waals surface area contributed by atoms with Gasteiger partial charge in [0.1, 0.15) is 11.3 Å². The van der Waals surface area contributed by atoms with Gasteiger partial charge in [0.05, 0.1) is 20.8 Å². The Kier molecular flexibility index (Phi) is 5.44. The molecule has 11 heteroatoms. The molecule has 182 valence electrons. The zero-order chi connectivity index (χ0) is 24.3. The van der Waals surface area contributed by atoms with Crippen molar-refractivity contribution in [1.82, 2.24) is 20.3 Å². The number of aromatic nitrogens is 3. The summed E-state index contributed by atoms with van der Waals surface area (Å²) in [4.78, 5) is 18.2. The summed E-state index contributed by atoms with van der Waals surface area (Å²) in [6.07, 6.45) is 0.858. The Morgan fingerprint density at radius 1 is 1.14 bits per heavy atom. The number of nitrogen functional groups attached to an aromatic ring is 1. The van der Waals surface area contributed by atoms with Crippen molar-refractivity contribution in [2.75, 3.05) is 54.8 Å². The van der Waals surface area contributed by atoms with Crippen LogP contribution in [0.5, 0.6) is 0 Å². The molecule has 2 fully saturated rings. The molecule has 0 radical (unpaired) electrons. The van der Waals surface area contributed by atoms with Gasteiger partial charge in [-0.1, -0.05) is 42.0 Å². The van der Waals surface area contributed by atoms with Crippen molar-refractivity contribution in [3.8, 4) is 11.1 Å². The predicted octanol–water partition coefficient (Wildman–Crippen LogP) is 3.62. The molecule has 0 spiro atoms. The van der Waals surface area contributed by atoms with Gasteiger partial charge in [-0.05, 0) is 18.6 Å². The fourth-order valence-corrected chi connectivity index (χ4v) is 5.98. The van der Waals surface area contributed by atoms with E-state index < -0.39 is 5.82 Å². The molecule has 0 atom stereocenters. The second-order valence-electron chi connectivity index (χ2n) is 9.30. The highest BCUT2D eigenvalue weighted by molar-refractivity contribution is 7.22. The number of benzene rings is 2. The van der Waals surface area contributed by atoms with Gasteiger partial charge in [-0.15, -0.1) is 0 Å². The van der Waals surface area contributed by atoms with Crippen LogP contribution in [0, 0.1) is 5.82 Å².